The summed E-state index contributed by atoms with van der Waals surface area (Å²) in [7, 11) is -2.73. The van der Waals surface area contributed by atoms with Crippen molar-refractivity contribution in [3.63, 3.8) is 0 Å². The van der Waals surface area contributed by atoms with Crippen LogP contribution in [0.2, 0.25) is 0 Å². The Morgan fingerprint density at radius 3 is 2.78 bits per heavy atom. The van der Waals surface area contributed by atoms with Gasteiger partial charge in [-0.25, -0.2) is 0 Å². The maximum Gasteiger partial charge on any atom is 0.245 e. The monoisotopic (exact) mass is 255 g/mol. The van der Waals surface area contributed by atoms with Crippen LogP contribution in [0.3, 0.4) is 0 Å². The average molecular weight is 255 g/mol. The van der Waals surface area contributed by atoms with Crippen LogP contribution in [0.5, 0.6) is 0 Å². The highest BCUT2D eigenvalue weighted by Crippen LogP contribution is 1.97. The zero-order valence-electron chi connectivity index (χ0n) is 14.9. The van der Waals surface area contributed by atoms with E-state index < -0.39 is 38.0 Å². The molecule has 0 aliphatic heterocycles. The van der Waals surface area contributed by atoms with Crippen molar-refractivity contribution in [3.8, 4) is 0 Å². The highest BCUT2D eigenvalue weighted by molar-refractivity contribution is 5.86. The van der Waals surface area contributed by atoms with E-state index in [0.717, 1.165) is 6.92 Å². The molecule has 0 saturated carbocycles. The van der Waals surface area contributed by atoms with Crippen LogP contribution in [0.25, 0.3) is 0 Å². The molecule has 1 unspecified atom stereocenters. The third-order valence-corrected chi connectivity index (χ3v) is 2.05. The predicted molar refractivity (Wildman–Crippen MR) is 67.8 cm³/mol. The van der Waals surface area contributed by atoms with Gasteiger partial charge in [-0.2, -0.15) is 0 Å². The molecule has 5 nitrogen and oxygen atoms in total. The van der Waals surface area contributed by atoms with Crippen LogP contribution in [0.4, 0.5) is 0 Å². The summed E-state index contributed by atoms with van der Waals surface area (Å²) >= 11 is 0. The van der Waals surface area contributed by atoms with Gasteiger partial charge in [-0.3, -0.25) is 9.59 Å². The molecule has 1 rings (SSSR count). The smallest absolute Gasteiger partial charge is 0.245 e. The highest BCUT2D eigenvalue weighted by Gasteiger charge is 2.18. The first-order valence-corrected chi connectivity index (χ1v) is 5.30. The number of methoxy groups -OCH3 is 1. The van der Waals surface area contributed by atoms with Gasteiger partial charge in [0, 0.05) is 20.5 Å². The molecule has 1 aromatic carbocycles. The van der Waals surface area contributed by atoms with Crippen LogP contribution >= 0.6 is 0 Å². The maximum atomic E-state index is 12.2. The molecule has 0 aromatic heterocycles. The quantitative estimate of drug-likeness (QED) is 0.775. The van der Waals surface area contributed by atoms with Crippen LogP contribution in [0.1, 0.15) is 19.3 Å². The normalized spacial score (nSPS) is 17.3. The number of rotatable bonds is 6. The number of hydrogen-bond acceptors (Lipinski definition) is 3. The Balaban J connectivity index is 2.81. The molecule has 2 N–H and O–H groups in total. The Morgan fingerprint density at radius 2 is 2.17 bits per heavy atom. The van der Waals surface area contributed by atoms with Crippen molar-refractivity contribution in [2.45, 2.75) is 19.5 Å². The Kier molecular flexibility index (Phi) is 3.42. The molecular formula is C13H18N2O3. The van der Waals surface area contributed by atoms with E-state index in [0.29, 0.717) is 0 Å². The summed E-state index contributed by atoms with van der Waals surface area (Å²) in [6.45, 7) is -1.64. The predicted octanol–water partition coefficient (Wildman–Crippen LogP) is 0.454. The van der Waals surface area contributed by atoms with Crippen molar-refractivity contribution in [3.05, 3.63) is 35.9 Å². The van der Waals surface area contributed by atoms with Crippen molar-refractivity contribution in [2.24, 2.45) is 0 Å². The number of ether oxygens (including phenoxy) is 1. The Morgan fingerprint density at radius 1 is 1.44 bits per heavy atom. The molecule has 18 heavy (non-hydrogen) atoms. The molecule has 0 heterocycles. The minimum absolute atomic E-state index is 0.215. The summed E-state index contributed by atoms with van der Waals surface area (Å²) < 4.78 is 41.2. The van der Waals surface area contributed by atoms with Crippen LogP contribution in [-0.2, 0) is 20.8 Å². The molecule has 0 aliphatic carbocycles. The fourth-order valence-corrected chi connectivity index (χ4v) is 1.25. The number of carbonyl (C=O) groups is 2. The summed E-state index contributed by atoms with van der Waals surface area (Å²) in [6, 6.07) is 6.59. The first-order chi connectivity index (χ1) is 10.5. The van der Waals surface area contributed by atoms with Crippen molar-refractivity contribution in [1.82, 2.24) is 10.6 Å². The lowest BCUT2D eigenvalue weighted by molar-refractivity contribution is -0.129. The van der Waals surface area contributed by atoms with Crippen molar-refractivity contribution >= 4 is 11.8 Å². The fourth-order valence-electron chi connectivity index (χ4n) is 1.25. The standard InChI is InChI=1S/C13H18N2O3/c1-10(16)15-12(9-18-2)13(17)14-8-11-6-4-3-5-7-11/h3-7,12H,8-9H2,1-2H3,(H,14,17)(H,15,16)/i2D3,8D2. The molecular weight excluding hydrogens is 232 g/mol. The van der Waals surface area contributed by atoms with Gasteiger partial charge in [0.25, 0.3) is 0 Å². The Bertz CT molecular complexity index is 548. The third-order valence-electron chi connectivity index (χ3n) is 2.05. The van der Waals surface area contributed by atoms with Crippen LogP contribution in [-0.4, -0.2) is 31.5 Å². The minimum Gasteiger partial charge on any atom is -0.382 e. The Labute approximate surface area is 114 Å². The van der Waals surface area contributed by atoms with E-state index in [1.54, 1.807) is 18.2 Å². The topological polar surface area (TPSA) is 67.4 Å². The van der Waals surface area contributed by atoms with Gasteiger partial charge in [-0.15, -0.1) is 0 Å². The zero-order valence-corrected chi connectivity index (χ0v) is 9.90. The number of hydrogen-bond donors (Lipinski definition) is 2. The largest absolute Gasteiger partial charge is 0.382 e. The summed E-state index contributed by atoms with van der Waals surface area (Å²) in [5.41, 5.74) is 0.215. The second-order valence-electron chi connectivity index (χ2n) is 3.54. The Hall–Kier alpha value is -1.88. The first kappa shape index (κ1) is 8.26. The SMILES string of the molecule is [2H]C([2H])([2H])OCC(NC(C)=O)C(=O)NC([2H])([2H])c1ccccc1. The summed E-state index contributed by atoms with van der Waals surface area (Å²) in [4.78, 5) is 23.3. The summed E-state index contributed by atoms with van der Waals surface area (Å²) in [5.74, 6) is -1.46. The zero-order chi connectivity index (χ0) is 17.7. The highest BCUT2D eigenvalue weighted by atomic mass is 16.5. The van der Waals surface area contributed by atoms with Crippen LogP contribution in [0, 0.1) is 0 Å². The van der Waals surface area contributed by atoms with Gasteiger partial charge in [0.2, 0.25) is 11.8 Å². The summed E-state index contributed by atoms with van der Waals surface area (Å²) in [6.07, 6.45) is 0. The molecule has 2 amide bonds. The lowest BCUT2D eigenvalue weighted by atomic mass is 10.2. The van der Waals surface area contributed by atoms with Crippen molar-refractivity contribution in [2.75, 3.05) is 13.6 Å². The molecule has 5 heteroatoms. The van der Waals surface area contributed by atoms with Gasteiger partial charge in [0.05, 0.1) is 13.5 Å². The van der Waals surface area contributed by atoms with Crippen molar-refractivity contribution in [1.29, 1.82) is 0 Å². The van der Waals surface area contributed by atoms with E-state index in [1.165, 1.54) is 12.1 Å². The van der Waals surface area contributed by atoms with Gasteiger partial charge in [-0.1, -0.05) is 30.3 Å². The lowest BCUT2D eigenvalue weighted by Crippen LogP contribution is -2.48. The van der Waals surface area contributed by atoms with E-state index >= 15 is 0 Å². The molecule has 1 atom stereocenters. The second-order valence-corrected chi connectivity index (χ2v) is 3.54. The van der Waals surface area contributed by atoms with E-state index in [-0.39, 0.29) is 5.56 Å². The fraction of sp³-hybridized carbons (Fsp3) is 0.385. The van der Waals surface area contributed by atoms with E-state index in [4.69, 9.17) is 6.85 Å². The minimum atomic E-state index is -2.73. The average Bonchev–Trinajstić information content (AvgIpc) is 2.42. The van der Waals surface area contributed by atoms with Crippen LogP contribution < -0.4 is 10.6 Å². The van der Waals surface area contributed by atoms with Gasteiger partial charge in [0.15, 0.2) is 0 Å². The van der Waals surface area contributed by atoms with Crippen molar-refractivity contribution < 1.29 is 21.2 Å². The van der Waals surface area contributed by atoms with Gasteiger partial charge in [-0.05, 0) is 5.56 Å². The molecule has 0 saturated heterocycles. The van der Waals surface area contributed by atoms with Gasteiger partial charge in [0.1, 0.15) is 6.04 Å². The molecule has 0 spiro atoms. The maximum absolute atomic E-state index is 12.2. The number of nitrogens with one attached hydrogen (secondary N) is 2. The lowest BCUT2D eigenvalue weighted by Gasteiger charge is -2.16. The molecule has 0 fully saturated rings. The molecule has 0 aliphatic rings. The molecule has 98 valence electrons. The van der Waals surface area contributed by atoms with E-state index in [1.807, 2.05) is 0 Å². The molecule has 0 bridgehead atoms. The van der Waals surface area contributed by atoms with E-state index in [9.17, 15) is 9.59 Å². The number of carbonyl (C=O) groups excluding carboxylic acids is 2. The van der Waals surface area contributed by atoms with Gasteiger partial charge >= 0.3 is 0 Å². The third kappa shape index (κ3) is 4.97. The molecule has 0 radical (unpaired) electrons. The number of amides is 2. The number of benzene rings is 1. The second kappa shape index (κ2) is 7.45. The first-order valence-electron chi connectivity index (χ1n) is 7.80. The molecule has 1 aromatic rings. The van der Waals surface area contributed by atoms with E-state index in [2.05, 4.69) is 15.4 Å². The van der Waals surface area contributed by atoms with Crippen LogP contribution in [0.15, 0.2) is 30.3 Å². The van der Waals surface area contributed by atoms with Gasteiger partial charge < -0.3 is 15.4 Å². The summed E-state index contributed by atoms with van der Waals surface area (Å²) in [5, 5.41) is 4.36.